The minimum Gasteiger partial charge on any atom is -0.383 e. The van der Waals surface area contributed by atoms with Crippen LogP contribution in [0.5, 0.6) is 0 Å². The molecule has 0 saturated heterocycles. The monoisotopic (exact) mass is 331 g/mol. The number of hydrogen-bond donors (Lipinski definition) is 2. The van der Waals surface area contributed by atoms with Gasteiger partial charge in [0.1, 0.15) is 5.60 Å². The Morgan fingerprint density at radius 2 is 2.00 bits per heavy atom. The number of anilines is 1. The summed E-state index contributed by atoms with van der Waals surface area (Å²) in [5.41, 5.74) is 2.51. The highest BCUT2D eigenvalue weighted by Crippen LogP contribution is 2.35. The number of halogens is 1. The van der Waals surface area contributed by atoms with Gasteiger partial charge in [0.15, 0.2) is 0 Å². The molecule has 2 nitrogen and oxygen atoms in total. The summed E-state index contributed by atoms with van der Waals surface area (Å²) in [7, 11) is 0. The lowest BCUT2D eigenvalue weighted by Crippen LogP contribution is -2.44. The van der Waals surface area contributed by atoms with E-state index >= 15 is 0 Å². The maximum absolute atomic E-state index is 11.0. The molecule has 2 aromatic rings. The van der Waals surface area contributed by atoms with Gasteiger partial charge < -0.3 is 10.4 Å². The van der Waals surface area contributed by atoms with Gasteiger partial charge in [0.25, 0.3) is 0 Å². The second-order valence-electron chi connectivity index (χ2n) is 5.55. The zero-order chi connectivity index (χ0) is 14.2. The van der Waals surface area contributed by atoms with Gasteiger partial charge in [-0.25, -0.2) is 0 Å². The molecule has 0 fully saturated rings. The van der Waals surface area contributed by atoms with E-state index in [1.54, 1.807) is 0 Å². The average Bonchev–Trinajstić information content (AvgIpc) is 2.46. The fourth-order valence-corrected chi connectivity index (χ4v) is 3.26. The standard InChI is InChI=1S/C17H18BrNO/c1-17(20,13-6-4-7-14(18)11-13)16-10-9-12-5-2-3-8-15(12)19-16/h2-8,11,16,19-20H,9-10H2,1H3. The third kappa shape index (κ3) is 2.48. The highest BCUT2D eigenvalue weighted by molar-refractivity contribution is 9.10. The largest absolute Gasteiger partial charge is 0.383 e. The predicted molar refractivity (Wildman–Crippen MR) is 85.9 cm³/mol. The Balaban J connectivity index is 1.90. The van der Waals surface area contributed by atoms with Crippen LogP contribution in [0.4, 0.5) is 5.69 Å². The molecular weight excluding hydrogens is 314 g/mol. The number of rotatable bonds is 2. The summed E-state index contributed by atoms with van der Waals surface area (Å²) in [6.45, 7) is 1.89. The number of hydrogen-bond acceptors (Lipinski definition) is 2. The fourth-order valence-electron chi connectivity index (χ4n) is 2.86. The molecule has 1 heterocycles. The highest BCUT2D eigenvalue weighted by atomic mass is 79.9. The number of benzene rings is 2. The Morgan fingerprint density at radius 3 is 2.80 bits per heavy atom. The normalized spacial score (nSPS) is 20.6. The van der Waals surface area contributed by atoms with Crippen molar-refractivity contribution in [2.45, 2.75) is 31.4 Å². The van der Waals surface area contributed by atoms with Crippen molar-refractivity contribution in [3.63, 3.8) is 0 Å². The number of aliphatic hydroxyl groups is 1. The van der Waals surface area contributed by atoms with Crippen molar-refractivity contribution in [2.24, 2.45) is 0 Å². The molecule has 0 spiro atoms. The molecule has 0 radical (unpaired) electrons. The molecule has 2 N–H and O–H groups in total. The minimum atomic E-state index is -0.892. The lowest BCUT2D eigenvalue weighted by molar-refractivity contribution is 0.0322. The Hall–Kier alpha value is -1.32. The molecule has 1 aliphatic heterocycles. The van der Waals surface area contributed by atoms with Crippen LogP contribution in [0, 0.1) is 0 Å². The quantitative estimate of drug-likeness (QED) is 0.868. The van der Waals surface area contributed by atoms with E-state index in [9.17, 15) is 5.11 Å². The maximum Gasteiger partial charge on any atom is 0.107 e. The summed E-state index contributed by atoms with van der Waals surface area (Å²) in [6.07, 6.45) is 1.93. The zero-order valence-electron chi connectivity index (χ0n) is 11.4. The van der Waals surface area contributed by atoms with E-state index in [1.807, 2.05) is 37.3 Å². The molecule has 2 atom stereocenters. The molecule has 0 aromatic heterocycles. The Labute approximate surface area is 128 Å². The first-order valence-corrected chi connectivity index (χ1v) is 7.69. The van der Waals surface area contributed by atoms with Gasteiger partial charge in [-0.3, -0.25) is 0 Å². The van der Waals surface area contributed by atoms with Gasteiger partial charge in [-0.15, -0.1) is 0 Å². The molecule has 1 aliphatic rings. The summed E-state index contributed by atoms with van der Waals surface area (Å²) in [5.74, 6) is 0. The van der Waals surface area contributed by atoms with E-state index in [2.05, 4.69) is 39.4 Å². The lowest BCUT2D eigenvalue weighted by Gasteiger charge is -2.38. The molecule has 2 aromatic carbocycles. The van der Waals surface area contributed by atoms with E-state index in [1.165, 1.54) is 5.56 Å². The van der Waals surface area contributed by atoms with Crippen LogP contribution in [0.1, 0.15) is 24.5 Å². The first-order chi connectivity index (χ1) is 9.57. The van der Waals surface area contributed by atoms with Crippen molar-refractivity contribution in [3.8, 4) is 0 Å². The number of nitrogens with one attached hydrogen (secondary N) is 1. The number of aryl methyl sites for hydroxylation is 1. The van der Waals surface area contributed by atoms with Crippen LogP contribution in [0.15, 0.2) is 53.0 Å². The number of para-hydroxylation sites is 1. The molecule has 2 unspecified atom stereocenters. The lowest BCUT2D eigenvalue weighted by atomic mass is 9.82. The summed E-state index contributed by atoms with van der Waals surface area (Å²) < 4.78 is 0.992. The van der Waals surface area contributed by atoms with Crippen LogP contribution < -0.4 is 5.32 Å². The smallest absolute Gasteiger partial charge is 0.107 e. The van der Waals surface area contributed by atoms with Gasteiger partial charge >= 0.3 is 0 Å². The molecule has 0 saturated carbocycles. The summed E-state index contributed by atoms with van der Waals surface area (Å²) in [4.78, 5) is 0. The van der Waals surface area contributed by atoms with Crippen molar-refractivity contribution in [1.82, 2.24) is 0 Å². The topological polar surface area (TPSA) is 32.3 Å². The SMILES string of the molecule is CC(O)(c1cccc(Br)c1)C1CCc2ccccc2N1. The average molecular weight is 332 g/mol. The molecule has 104 valence electrons. The van der Waals surface area contributed by atoms with Crippen molar-refractivity contribution in [1.29, 1.82) is 0 Å². The molecular formula is C17H18BrNO. The summed E-state index contributed by atoms with van der Waals surface area (Å²) >= 11 is 3.47. The van der Waals surface area contributed by atoms with E-state index < -0.39 is 5.60 Å². The Bertz CT molecular complexity index is 624. The third-order valence-electron chi connectivity index (χ3n) is 4.14. The second kappa shape index (κ2) is 5.23. The van der Waals surface area contributed by atoms with Gasteiger partial charge in [0, 0.05) is 10.2 Å². The van der Waals surface area contributed by atoms with Crippen molar-refractivity contribution in [3.05, 3.63) is 64.1 Å². The van der Waals surface area contributed by atoms with Crippen molar-refractivity contribution >= 4 is 21.6 Å². The first kappa shape index (κ1) is 13.7. The van der Waals surface area contributed by atoms with Crippen LogP contribution in [0.25, 0.3) is 0 Å². The van der Waals surface area contributed by atoms with Crippen LogP contribution >= 0.6 is 15.9 Å². The fraction of sp³-hybridized carbons (Fsp3) is 0.294. The molecule has 3 heteroatoms. The van der Waals surface area contributed by atoms with Crippen LogP contribution in [0.2, 0.25) is 0 Å². The van der Waals surface area contributed by atoms with Gasteiger partial charge in [-0.1, -0.05) is 46.3 Å². The molecule has 20 heavy (non-hydrogen) atoms. The molecule has 3 rings (SSSR count). The summed E-state index contributed by atoms with van der Waals surface area (Å²) in [5, 5.41) is 14.5. The van der Waals surface area contributed by atoms with Gasteiger partial charge in [0.05, 0.1) is 6.04 Å². The third-order valence-corrected chi connectivity index (χ3v) is 4.63. The van der Waals surface area contributed by atoms with E-state index in [-0.39, 0.29) is 6.04 Å². The zero-order valence-corrected chi connectivity index (χ0v) is 13.0. The van der Waals surface area contributed by atoms with Gasteiger partial charge in [-0.05, 0) is 49.1 Å². The van der Waals surface area contributed by atoms with E-state index in [4.69, 9.17) is 0 Å². The Morgan fingerprint density at radius 1 is 1.20 bits per heavy atom. The van der Waals surface area contributed by atoms with Crippen molar-refractivity contribution < 1.29 is 5.11 Å². The second-order valence-corrected chi connectivity index (χ2v) is 6.47. The van der Waals surface area contributed by atoms with E-state index in [0.717, 1.165) is 28.6 Å². The summed E-state index contributed by atoms with van der Waals surface area (Å²) in [6, 6.07) is 16.2. The molecule has 0 aliphatic carbocycles. The van der Waals surface area contributed by atoms with Crippen molar-refractivity contribution in [2.75, 3.05) is 5.32 Å². The van der Waals surface area contributed by atoms with Gasteiger partial charge in [-0.2, -0.15) is 0 Å². The van der Waals surface area contributed by atoms with Crippen LogP contribution in [0.3, 0.4) is 0 Å². The minimum absolute atomic E-state index is 0.0201. The maximum atomic E-state index is 11.0. The highest BCUT2D eigenvalue weighted by Gasteiger charge is 2.35. The first-order valence-electron chi connectivity index (χ1n) is 6.90. The molecule has 0 amide bonds. The Kier molecular flexibility index (Phi) is 3.57. The van der Waals surface area contributed by atoms with E-state index in [0.29, 0.717) is 0 Å². The van der Waals surface area contributed by atoms with Crippen LogP contribution in [-0.4, -0.2) is 11.1 Å². The number of fused-ring (bicyclic) bond motifs is 1. The van der Waals surface area contributed by atoms with Gasteiger partial charge in [0.2, 0.25) is 0 Å². The van der Waals surface area contributed by atoms with Crippen LogP contribution in [-0.2, 0) is 12.0 Å². The predicted octanol–water partition coefficient (Wildman–Crippen LogP) is 4.08. The molecule has 0 bridgehead atoms.